The summed E-state index contributed by atoms with van der Waals surface area (Å²) in [7, 11) is 0. The Morgan fingerprint density at radius 3 is 2.82 bits per heavy atom. The number of rotatable bonds is 6. The summed E-state index contributed by atoms with van der Waals surface area (Å²) in [4.78, 5) is 28.1. The van der Waals surface area contributed by atoms with Gasteiger partial charge in [0.05, 0.1) is 12.5 Å². The minimum absolute atomic E-state index is 0.0844. The standard InChI is InChI=1S/C15H15ClN2O3S/c1-10(19)18-12(13-3-2-6-22-13)7-15(20)21-9-11-4-5-14(16)17-8-11/h2-6,8,12H,7,9H2,1H3,(H,18,19). The van der Waals surface area contributed by atoms with Crippen molar-refractivity contribution in [1.82, 2.24) is 10.3 Å². The number of ether oxygens (including phenoxy) is 1. The Morgan fingerprint density at radius 1 is 1.41 bits per heavy atom. The molecule has 2 aromatic rings. The molecule has 0 radical (unpaired) electrons. The third kappa shape index (κ3) is 5.13. The van der Waals surface area contributed by atoms with Crippen LogP contribution in [0.2, 0.25) is 5.15 Å². The van der Waals surface area contributed by atoms with E-state index in [-0.39, 0.29) is 30.9 Å². The second-order valence-corrected chi connectivity index (χ2v) is 5.99. The highest BCUT2D eigenvalue weighted by Gasteiger charge is 2.19. The van der Waals surface area contributed by atoms with Crippen molar-refractivity contribution in [2.45, 2.75) is 26.0 Å². The fourth-order valence-electron chi connectivity index (χ4n) is 1.84. The van der Waals surface area contributed by atoms with Gasteiger partial charge in [-0.1, -0.05) is 23.7 Å². The Hall–Kier alpha value is -1.92. The lowest BCUT2D eigenvalue weighted by atomic mass is 10.1. The molecule has 2 rings (SSSR count). The molecular formula is C15H15ClN2O3S. The van der Waals surface area contributed by atoms with E-state index in [0.29, 0.717) is 5.15 Å². The van der Waals surface area contributed by atoms with Gasteiger partial charge in [0, 0.05) is 23.6 Å². The molecule has 2 aromatic heterocycles. The molecule has 0 aliphatic carbocycles. The third-order valence-electron chi connectivity index (χ3n) is 2.82. The van der Waals surface area contributed by atoms with E-state index in [1.165, 1.54) is 18.3 Å². The van der Waals surface area contributed by atoms with Crippen LogP contribution in [-0.2, 0) is 20.9 Å². The van der Waals surface area contributed by atoms with Crippen LogP contribution >= 0.6 is 22.9 Å². The number of carbonyl (C=O) groups is 2. The maximum absolute atomic E-state index is 12.0. The van der Waals surface area contributed by atoms with Gasteiger partial charge in [0.2, 0.25) is 5.91 Å². The highest BCUT2D eigenvalue weighted by atomic mass is 35.5. The van der Waals surface area contributed by atoms with Crippen LogP contribution in [0.4, 0.5) is 0 Å². The molecule has 1 atom stereocenters. The molecule has 0 spiro atoms. The van der Waals surface area contributed by atoms with Crippen LogP contribution in [0.3, 0.4) is 0 Å². The average molecular weight is 339 g/mol. The summed E-state index contributed by atoms with van der Waals surface area (Å²) in [6.07, 6.45) is 1.64. The molecule has 1 amide bonds. The number of carbonyl (C=O) groups excluding carboxylic acids is 2. The Morgan fingerprint density at radius 2 is 2.23 bits per heavy atom. The molecule has 1 unspecified atom stereocenters. The predicted molar refractivity (Wildman–Crippen MR) is 84.5 cm³/mol. The van der Waals surface area contributed by atoms with E-state index < -0.39 is 0 Å². The van der Waals surface area contributed by atoms with E-state index in [2.05, 4.69) is 10.3 Å². The first kappa shape index (κ1) is 16.5. The molecule has 5 nitrogen and oxygen atoms in total. The van der Waals surface area contributed by atoms with Crippen molar-refractivity contribution in [1.29, 1.82) is 0 Å². The van der Waals surface area contributed by atoms with Crippen LogP contribution in [-0.4, -0.2) is 16.9 Å². The Labute approximate surface area is 137 Å². The molecule has 0 aromatic carbocycles. The van der Waals surface area contributed by atoms with Gasteiger partial charge >= 0.3 is 5.97 Å². The first-order chi connectivity index (χ1) is 10.5. The largest absolute Gasteiger partial charge is 0.461 e. The van der Waals surface area contributed by atoms with Gasteiger partial charge in [-0.2, -0.15) is 0 Å². The summed E-state index contributed by atoms with van der Waals surface area (Å²) in [6.45, 7) is 1.55. The summed E-state index contributed by atoms with van der Waals surface area (Å²) in [6, 6.07) is 6.76. The molecule has 0 aliphatic heterocycles. The number of hydrogen-bond donors (Lipinski definition) is 1. The number of hydrogen-bond acceptors (Lipinski definition) is 5. The van der Waals surface area contributed by atoms with Crippen molar-refractivity contribution in [3.8, 4) is 0 Å². The van der Waals surface area contributed by atoms with Crippen molar-refractivity contribution < 1.29 is 14.3 Å². The lowest BCUT2D eigenvalue weighted by Crippen LogP contribution is -2.28. The van der Waals surface area contributed by atoms with Crippen molar-refractivity contribution >= 4 is 34.8 Å². The maximum Gasteiger partial charge on any atom is 0.308 e. The van der Waals surface area contributed by atoms with Crippen molar-refractivity contribution in [2.24, 2.45) is 0 Å². The monoisotopic (exact) mass is 338 g/mol. The van der Waals surface area contributed by atoms with E-state index in [0.717, 1.165) is 10.4 Å². The van der Waals surface area contributed by atoms with E-state index in [1.54, 1.807) is 18.3 Å². The molecule has 0 fully saturated rings. The number of halogens is 1. The fraction of sp³-hybridized carbons (Fsp3) is 0.267. The van der Waals surface area contributed by atoms with E-state index in [1.807, 2.05) is 17.5 Å². The first-order valence-electron chi connectivity index (χ1n) is 6.61. The molecule has 1 N–H and O–H groups in total. The number of aromatic nitrogens is 1. The van der Waals surface area contributed by atoms with Gasteiger partial charge in [0.1, 0.15) is 11.8 Å². The van der Waals surface area contributed by atoms with Crippen LogP contribution in [0.15, 0.2) is 35.8 Å². The Kier molecular flexibility index (Phi) is 5.91. The smallest absolute Gasteiger partial charge is 0.308 e. The normalized spacial score (nSPS) is 11.7. The zero-order chi connectivity index (χ0) is 15.9. The number of nitrogens with one attached hydrogen (secondary N) is 1. The van der Waals surface area contributed by atoms with Gasteiger partial charge in [0.15, 0.2) is 0 Å². The molecule has 22 heavy (non-hydrogen) atoms. The Bertz CT molecular complexity index is 629. The summed E-state index contributed by atoms with van der Waals surface area (Å²) < 4.78 is 5.21. The SMILES string of the molecule is CC(=O)NC(CC(=O)OCc1ccc(Cl)nc1)c1cccs1. The highest BCUT2D eigenvalue weighted by molar-refractivity contribution is 7.10. The van der Waals surface area contributed by atoms with Gasteiger partial charge in [-0.25, -0.2) is 4.98 Å². The fourth-order valence-corrected chi connectivity index (χ4v) is 2.73. The van der Waals surface area contributed by atoms with Crippen LogP contribution in [0.25, 0.3) is 0 Å². The zero-order valence-electron chi connectivity index (χ0n) is 11.9. The Balaban J connectivity index is 1.90. The van der Waals surface area contributed by atoms with Gasteiger partial charge in [-0.15, -0.1) is 11.3 Å². The molecule has 0 bridgehead atoms. The minimum Gasteiger partial charge on any atom is -0.461 e. The summed E-state index contributed by atoms with van der Waals surface area (Å²) in [5, 5.41) is 5.04. The first-order valence-corrected chi connectivity index (χ1v) is 7.87. The van der Waals surface area contributed by atoms with E-state index >= 15 is 0 Å². The average Bonchev–Trinajstić information content (AvgIpc) is 3.00. The maximum atomic E-state index is 12.0. The molecule has 0 saturated heterocycles. The molecule has 116 valence electrons. The predicted octanol–water partition coefficient (Wildman–Crippen LogP) is 3.11. The van der Waals surface area contributed by atoms with Crippen LogP contribution in [0, 0.1) is 0 Å². The molecule has 7 heteroatoms. The van der Waals surface area contributed by atoms with Crippen LogP contribution in [0.1, 0.15) is 29.8 Å². The number of thiophene rings is 1. The van der Waals surface area contributed by atoms with Crippen molar-refractivity contribution in [3.05, 3.63) is 51.4 Å². The van der Waals surface area contributed by atoms with Gasteiger partial charge in [0.25, 0.3) is 0 Å². The van der Waals surface area contributed by atoms with Gasteiger partial charge < -0.3 is 10.1 Å². The quantitative estimate of drug-likeness (QED) is 0.649. The number of nitrogens with zero attached hydrogens (tertiary/aromatic N) is 1. The van der Waals surface area contributed by atoms with Gasteiger partial charge in [-0.3, -0.25) is 9.59 Å². The molecule has 0 aliphatic rings. The van der Waals surface area contributed by atoms with E-state index in [4.69, 9.17) is 16.3 Å². The molecule has 0 saturated carbocycles. The number of esters is 1. The summed E-state index contributed by atoms with van der Waals surface area (Å²) in [5.41, 5.74) is 0.755. The number of pyridine rings is 1. The topological polar surface area (TPSA) is 68.3 Å². The molecule has 2 heterocycles. The van der Waals surface area contributed by atoms with Crippen LogP contribution in [0.5, 0.6) is 0 Å². The van der Waals surface area contributed by atoms with Crippen molar-refractivity contribution in [2.75, 3.05) is 0 Å². The second kappa shape index (κ2) is 7.91. The summed E-state index contributed by atoms with van der Waals surface area (Å²) >= 11 is 7.17. The lowest BCUT2D eigenvalue weighted by molar-refractivity contribution is -0.145. The van der Waals surface area contributed by atoms with Gasteiger partial charge in [-0.05, 0) is 17.5 Å². The van der Waals surface area contributed by atoms with Crippen LogP contribution < -0.4 is 5.32 Å². The number of amides is 1. The zero-order valence-corrected chi connectivity index (χ0v) is 13.5. The van der Waals surface area contributed by atoms with E-state index in [9.17, 15) is 9.59 Å². The summed E-state index contributed by atoms with van der Waals surface area (Å²) in [5.74, 6) is -0.574. The van der Waals surface area contributed by atoms with Crippen molar-refractivity contribution in [3.63, 3.8) is 0 Å². The third-order valence-corrected chi connectivity index (χ3v) is 4.03. The minimum atomic E-state index is -0.387. The highest BCUT2D eigenvalue weighted by Crippen LogP contribution is 2.22. The second-order valence-electron chi connectivity index (χ2n) is 4.62. The molecular weight excluding hydrogens is 324 g/mol. The lowest BCUT2D eigenvalue weighted by Gasteiger charge is -2.15.